The first kappa shape index (κ1) is 14.4. The lowest BCUT2D eigenvalue weighted by Gasteiger charge is -2.43. The highest BCUT2D eigenvalue weighted by Gasteiger charge is 2.59. The van der Waals surface area contributed by atoms with Crippen molar-refractivity contribution in [2.24, 2.45) is 16.7 Å². The van der Waals surface area contributed by atoms with E-state index in [-0.39, 0.29) is 5.91 Å². The Kier molecular flexibility index (Phi) is 3.27. The summed E-state index contributed by atoms with van der Waals surface area (Å²) in [6.45, 7) is 7.23. The normalized spacial score (nSPS) is 33.0. The van der Waals surface area contributed by atoms with Gasteiger partial charge in [0.2, 0.25) is 0 Å². The van der Waals surface area contributed by atoms with Crippen LogP contribution in [0.15, 0.2) is 24.3 Å². The zero-order chi connectivity index (χ0) is 15.3. The summed E-state index contributed by atoms with van der Waals surface area (Å²) in [6.07, 6.45) is 4.04. The SMILES string of the molecule is CNC(=O)c1ccc(NC2C3(C)CCC(C3)C2(C)C)cc1. The average molecular weight is 286 g/mol. The molecule has 0 saturated heterocycles. The Hall–Kier alpha value is -1.51. The van der Waals surface area contributed by atoms with Gasteiger partial charge in [-0.2, -0.15) is 0 Å². The van der Waals surface area contributed by atoms with Crippen LogP contribution in [-0.2, 0) is 0 Å². The van der Waals surface area contributed by atoms with Crippen LogP contribution in [0.3, 0.4) is 0 Å². The highest BCUT2D eigenvalue weighted by Crippen LogP contribution is 2.63. The molecule has 0 radical (unpaired) electrons. The summed E-state index contributed by atoms with van der Waals surface area (Å²) in [7, 11) is 1.66. The van der Waals surface area contributed by atoms with Gasteiger partial charge in [0.25, 0.3) is 5.91 Å². The van der Waals surface area contributed by atoms with Crippen LogP contribution in [0.25, 0.3) is 0 Å². The van der Waals surface area contributed by atoms with E-state index in [4.69, 9.17) is 0 Å². The molecule has 2 fully saturated rings. The Labute approximate surface area is 127 Å². The average Bonchev–Trinajstić information content (AvgIpc) is 2.94. The fourth-order valence-electron chi connectivity index (χ4n) is 4.69. The predicted molar refractivity (Wildman–Crippen MR) is 86.5 cm³/mol. The molecule has 3 atom stereocenters. The minimum Gasteiger partial charge on any atom is -0.381 e. The number of hydrogen-bond donors (Lipinski definition) is 2. The smallest absolute Gasteiger partial charge is 0.251 e. The molecule has 0 aliphatic heterocycles. The van der Waals surface area contributed by atoms with Crippen LogP contribution in [0.4, 0.5) is 5.69 Å². The van der Waals surface area contributed by atoms with Crippen LogP contribution >= 0.6 is 0 Å². The first-order valence-electron chi connectivity index (χ1n) is 7.95. The molecule has 1 aromatic carbocycles. The summed E-state index contributed by atoms with van der Waals surface area (Å²) in [4.78, 5) is 11.6. The van der Waals surface area contributed by atoms with Crippen LogP contribution in [0.1, 0.15) is 50.4 Å². The van der Waals surface area contributed by atoms with Gasteiger partial charge in [0.05, 0.1) is 0 Å². The van der Waals surface area contributed by atoms with Gasteiger partial charge in [0.1, 0.15) is 0 Å². The molecule has 3 unspecified atom stereocenters. The summed E-state index contributed by atoms with van der Waals surface area (Å²) < 4.78 is 0. The molecule has 1 amide bonds. The van der Waals surface area contributed by atoms with Crippen molar-refractivity contribution >= 4 is 11.6 Å². The minimum absolute atomic E-state index is 0.0336. The van der Waals surface area contributed by atoms with Crippen molar-refractivity contribution in [1.29, 1.82) is 0 Å². The molecule has 0 spiro atoms. The van der Waals surface area contributed by atoms with Gasteiger partial charge in [0.15, 0.2) is 0 Å². The zero-order valence-corrected chi connectivity index (χ0v) is 13.5. The lowest BCUT2D eigenvalue weighted by atomic mass is 9.68. The first-order valence-corrected chi connectivity index (χ1v) is 7.95. The molecule has 3 heteroatoms. The lowest BCUT2D eigenvalue weighted by molar-refractivity contribution is 0.0963. The second kappa shape index (κ2) is 4.75. The van der Waals surface area contributed by atoms with Gasteiger partial charge in [-0.1, -0.05) is 20.8 Å². The van der Waals surface area contributed by atoms with Crippen molar-refractivity contribution < 1.29 is 4.79 Å². The number of nitrogens with one attached hydrogen (secondary N) is 2. The fourth-order valence-corrected chi connectivity index (χ4v) is 4.69. The topological polar surface area (TPSA) is 41.1 Å². The standard InChI is InChI=1S/C18H26N2O/c1-17(2)13-9-10-18(3,11-13)16(17)20-14-7-5-12(6-8-14)15(21)19-4/h5-8,13,16,20H,9-11H2,1-4H3,(H,19,21). The largest absolute Gasteiger partial charge is 0.381 e. The second-order valence-electron chi connectivity index (χ2n) is 7.65. The van der Waals surface area contributed by atoms with Gasteiger partial charge in [-0.05, 0) is 60.3 Å². The Morgan fingerprint density at radius 2 is 1.86 bits per heavy atom. The van der Waals surface area contributed by atoms with Gasteiger partial charge in [-0.15, -0.1) is 0 Å². The van der Waals surface area contributed by atoms with Crippen molar-refractivity contribution in [3.8, 4) is 0 Å². The molecule has 114 valence electrons. The van der Waals surface area contributed by atoms with Crippen molar-refractivity contribution in [2.75, 3.05) is 12.4 Å². The molecular weight excluding hydrogens is 260 g/mol. The zero-order valence-electron chi connectivity index (χ0n) is 13.5. The lowest BCUT2D eigenvalue weighted by Crippen LogP contribution is -2.45. The molecule has 0 aromatic heterocycles. The molecule has 2 bridgehead atoms. The van der Waals surface area contributed by atoms with Gasteiger partial charge in [0, 0.05) is 24.3 Å². The van der Waals surface area contributed by atoms with Gasteiger partial charge in [-0.3, -0.25) is 4.79 Å². The van der Waals surface area contributed by atoms with Crippen LogP contribution in [0.2, 0.25) is 0 Å². The second-order valence-corrected chi connectivity index (χ2v) is 7.65. The molecule has 2 aliphatic rings. The maximum Gasteiger partial charge on any atom is 0.251 e. The number of carbonyl (C=O) groups is 1. The van der Waals surface area contributed by atoms with Crippen molar-refractivity contribution in [2.45, 2.75) is 46.1 Å². The Morgan fingerprint density at radius 1 is 1.19 bits per heavy atom. The van der Waals surface area contributed by atoms with Crippen molar-refractivity contribution in [1.82, 2.24) is 5.32 Å². The summed E-state index contributed by atoms with van der Waals surface area (Å²) in [5, 5.41) is 6.41. The molecule has 2 N–H and O–H groups in total. The molecular formula is C18H26N2O. The van der Waals surface area contributed by atoms with E-state index in [9.17, 15) is 4.79 Å². The van der Waals surface area contributed by atoms with Gasteiger partial charge >= 0.3 is 0 Å². The van der Waals surface area contributed by atoms with E-state index >= 15 is 0 Å². The summed E-state index contributed by atoms with van der Waals surface area (Å²) >= 11 is 0. The van der Waals surface area contributed by atoms with E-state index in [0.29, 0.717) is 22.4 Å². The monoisotopic (exact) mass is 286 g/mol. The van der Waals surface area contributed by atoms with E-state index in [1.54, 1.807) is 7.05 Å². The number of hydrogen-bond acceptors (Lipinski definition) is 2. The highest BCUT2D eigenvalue weighted by atomic mass is 16.1. The third-order valence-electron chi connectivity index (χ3n) is 5.95. The number of carbonyl (C=O) groups excluding carboxylic acids is 1. The Bertz CT molecular complexity index is 544. The maximum atomic E-state index is 11.6. The Balaban J connectivity index is 1.79. The molecule has 2 saturated carbocycles. The van der Waals surface area contributed by atoms with E-state index < -0.39 is 0 Å². The fraction of sp³-hybridized carbons (Fsp3) is 0.611. The summed E-state index contributed by atoms with van der Waals surface area (Å²) in [5.74, 6) is 0.805. The molecule has 1 aromatic rings. The van der Waals surface area contributed by atoms with Crippen LogP contribution < -0.4 is 10.6 Å². The van der Waals surface area contributed by atoms with Crippen LogP contribution in [0.5, 0.6) is 0 Å². The maximum absolute atomic E-state index is 11.6. The van der Waals surface area contributed by atoms with Crippen molar-refractivity contribution in [3.05, 3.63) is 29.8 Å². The number of fused-ring (bicyclic) bond motifs is 2. The third-order valence-corrected chi connectivity index (χ3v) is 5.95. The predicted octanol–water partition coefficient (Wildman–Crippen LogP) is 3.67. The van der Waals surface area contributed by atoms with Crippen LogP contribution in [-0.4, -0.2) is 19.0 Å². The molecule has 2 aliphatic carbocycles. The summed E-state index contributed by atoms with van der Waals surface area (Å²) in [5.41, 5.74) is 2.58. The molecule has 3 rings (SSSR count). The molecule has 3 nitrogen and oxygen atoms in total. The van der Waals surface area contributed by atoms with Crippen LogP contribution in [0, 0.1) is 16.7 Å². The summed E-state index contributed by atoms with van der Waals surface area (Å²) in [6, 6.07) is 8.34. The number of amides is 1. The van der Waals surface area contributed by atoms with E-state index in [1.807, 2.05) is 24.3 Å². The molecule has 21 heavy (non-hydrogen) atoms. The third kappa shape index (κ3) is 2.23. The number of rotatable bonds is 3. The van der Waals surface area contributed by atoms with E-state index in [1.165, 1.54) is 19.3 Å². The molecule has 0 heterocycles. The number of anilines is 1. The number of benzene rings is 1. The van der Waals surface area contributed by atoms with Gasteiger partial charge in [-0.25, -0.2) is 0 Å². The van der Waals surface area contributed by atoms with Gasteiger partial charge < -0.3 is 10.6 Å². The quantitative estimate of drug-likeness (QED) is 0.890. The highest BCUT2D eigenvalue weighted by molar-refractivity contribution is 5.94. The van der Waals surface area contributed by atoms with E-state index in [2.05, 4.69) is 31.4 Å². The van der Waals surface area contributed by atoms with E-state index in [0.717, 1.165) is 11.6 Å². The Morgan fingerprint density at radius 3 is 2.38 bits per heavy atom. The van der Waals surface area contributed by atoms with Crippen molar-refractivity contribution in [3.63, 3.8) is 0 Å². The minimum atomic E-state index is -0.0336. The first-order chi connectivity index (χ1) is 9.87.